The summed E-state index contributed by atoms with van der Waals surface area (Å²) in [6.45, 7) is 3.35. The molecular formula is C9H17FO4. The highest BCUT2D eigenvalue weighted by atomic mass is 19.1. The molecule has 2 atom stereocenters. The molecule has 0 radical (unpaired) electrons. The zero-order chi connectivity index (χ0) is 11.0. The minimum absolute atomic E-state index is 0.205. The smallest absolute Gasteiger partial charge is 0.332 e. The maximum atomic E-state index is 11.7. The van der Waals surface area contributed by atoms with Gasteiger partial charge in [-0.1, -0.05) is 0 Å². The van der Waals surface area contributed by atoms with Crippen molar-refractivity contribution in [1.29, 1.82) is 0 Å². The topological polar surface area (TPSA) is 55.8 Å². The molecule has 5 heteroatoms. The van der Waals surface area contributed by atoms with E-state index in [2.05, 4.69) is 0 Å². The summed E-state index contributed by atoms with van der Waals surface area (Å²) in [4.78, 5) is 10.4. The van der Waals surface area contributed by atoms with E-state index in [0.717, 1.165) is 0 Å². The number of carboxylic acid groups (broad SMARTS) is 1. The van der Waals surface area contributed by atoms with E-state index in [-0.39, 0.29) is 12.7 Å². The first-order valence-electron chi connectivity index (χ1n) is 4.60. The van der Waals surface area contributed by atoms with Crippen molar-refractivity contribution in [2.75, 3.05) is 19.9 Å². The lowest BCUT2D eigenvalue weighted by molar-refractivity contribution is -0.151. The Morgan fingerprint density at radius 2 is 2.07 bits per heavy atom. The van der Waals surface area contributed by atoms with Crippen molar-refractivity contribution >= 4 is 5.97 Å². The first-order chi connectivity index (χ1) is 6.57. The summed E-state index contributed by atoms with van der Waals surface area (Å²) in [6, 6.07) is 0. The van der Waals surface area contributed by atoms with Gasteiger partial charge >= 0.3 is 5.97 Å². The van der Waals surface area contributed by atoms with Crippen LogP contribution in [0.3, 0.4) is 0 Å². The van der Waals surface area contributed by atoms with E-state index in [9.17, 15) is 9.18 Å². The van der Waals surface area contributed by atoms with Crippen LogP contribution in [-0.2, 0) is 14.3 Å². The van der Waals surface area contributed by atoms with Crippen molar-refractivity contribution in [1.82, 2.24) is 0 Å². The zero-order valence-electron chi connectivity index (χ0n) is 8.53. The molecule has 0 saturated carbocycles. The number of hydrogen-bond donors (Lipinski definition) is 1. The molecule has 0 aliphatic rings. The maximum absolute atomic E-state index is 11.7. The second-order valence-electron chi connectivity index (χ2n) is 3.04. The van der Waals surface area contributed by atoms with Gasteiger partial charge < -0.3 is 14.6 Å². The third-order valence-corrected chi connectivity index (χ3v) is 1.61. The molecule has 14 heavy (non-hydrogen) atoms. The summed E-state index contributed by atoms with van der Waals surface area (Å²) in [6.07, 6.45) is -0.677. The molecule has 0 heterocycles. The normalized spacial score (nSPS) is 15.1. The predicted octanol–water partition coefficient (Wildman–Crippen LogP) is 1.24. The van der Waals surface area contributed by atoms with Crippen LogP contribution in [0.1, 0.15) is 20.3 Å². The minimum atomic E-state index is -0.999. The quantitative estimate of drug-likeness (QED) is 0.610. The summed E-state index contributed by atoms with van der Waals surface area (Å²) in [5.74, 6) is -0.999. The number of aliphatic carboxylic acids is 1. The fourth-order valence-corrected chi connectivity index (χ4v) is 0.738. The number of rotatable bonds is 8. The second-order valence-corrected chi connectivity index (χ2v) is 3.04. The molecule has 2 unspecified atom stereocenters. The van der Waals surface area contributed by atoms with E-state index in [4.69, 9.17) is 14.6 Å². The van der Waals surface area contributed by atoms with Crippen LogP contribution in [-0.4, -0.2) is 43.2 Å². The standard InChI is InChI=1S/C9H17FO4/c1-7(13-5-3-4-10)6-14-8(2)9(11)12/h7-8H,3-6H2,1-2H3,(H,11,12). The van der Waals surface area contributed by atoms with Gasteiger partial charge in [-0.2, -0.15) is 0 Å². The van der Waals surface area contributed by atoms with E-state index in [1.54, 1.807) is 6.92 Å². The molecule has 0 aromatic heterocycles. The van der Waals surface area contributed by atoms with Crippen LogP contribution in [0.15, 0.2) is 0 Å². The average Bonchev–Trinajstić information content (AvgIpc) is 2.14. The summed E-state index contributed by atoms with van der Waals surface area (Å²) in [7, 11) is 0. The van der Waals surface area contributed by atoms with Crippen LogP contribution in [0.4, 0.5) is 4.39 Å². The molecule has 0 spiro atoms. The molecule has 0 bridgehead atoms. The third-order valence-electron chi connectivity index (χ3n) is 1.61. The molecule has 84 valence electrons. The molecule has 0 rings (SSSR count). The molecular weight excluding hydrogens is 191 g/mol. The summed E-state index contributed by atoms with van der Waals surface area (Å²) >= 11 is 0. The molecule has 0 aromatic carbocycles. The van der Waals surface area contributed by atoms with E-state index in [1.165, 1.54) is 6.92 Å². The van der Waals surface area contributed by atoms with Crippen molar-refractivity contribution in [2.24, 2.45) is 0 Å². The van der Waals surface area contributed by atoms with Gasteiger partial charge in [-0.25, -0.2) is 4.79 Å². The molecule has 0 saturated heterocycles. The highest BCUT2D eigenvalue weighted by Gasteiger charge is 2.12. The number of carboxylic acids is 1. The van der Waals surface area contributed by atoms with E-state index in [0.29, 0.717) is 13.0 Å². The van der Waals surface area contributed by atoms with Gasteiger partial charge in [0.1, 0.15) is 0 Å². The van der Waals surface area contributed by atoms with Crippen LogP contribution in [0.5, 0.6) is 0 Å². The molecule has 0 aliphatic heterocycles. The van der Waals surface area contributed by atoms with Crippen molar-refractivity contribution in [3.8, 4) is 0 Å². The molecule has 0 fully saturated rings. The third kappa shape index (κ3) is 6.80. The van der Waals surface area contributed by atoms with Crippen molar-refractivity contribution in [3.63, 3.8) is 0 Å². The van der Waals surface area contributed by atoms with Gasteiger partial charge in [0.05, 0.1) is 19.4 Å². The predicted molar refractivity (Wildman–Crippen MR) is 49.1 cm³/mol. The van der Waals surface area contributed by atoms with Crippen LogP contribution >= 0.6 is 0 Å². The number of hydrogen-bond acceptors (Lipinski definition) is 3. The van der Waals surface area contributed by atoms with Gasteiger partial charge in [-0.15, -0.1) is 0 Å². The molecule has 1 N–H and O–H groups in total. The zero-order valence-corrected chi connectivity index (χ0v) is 8.53. The van der Waals surface area contributed by atoms with Crippen LogP contribution in [0.25, 0.3) is 0 Å². The lowest BCUT2D eigenvalue weighted by Gasteiger charge is -2.14. The number of halogens is 1. The monoisotopic (exact) mass is 208 g/mol. The first-order valence-corrected chi connectivity index (χ1v) is 4.60. The fourth-order valence-electron chi connectivity index (χ4n) is 0.738. The van der Waals surface area contributed by atoms with Gasteiger partial charge in [0.25, 0.3) is 0 Å². The Labute approximate surface area is 83.0 Å². The highest BCUT2D eigenvalue weighted by molar-refractivity contribution is 5.71. The Bertz CT molecular complexity index is 163. The van der Waals surface area contributed by atoms with Crippen LogP contribution < -0.4 is 0 Å². The van der Waals surface area contributed by atoms with Crippen molar-refractivity contribution in [2.45, 2.75) is 32.5 Å². The van der Waals surface area contributed by atoms with E-state index < -0.39 is 18.7 Å². The van der Waals surface area contributed by atoms with Gasteiger partial charge in [0.2, 0.25) is 0 Å². The van der Waals surface area contributed by atoms with E-state index in [1.807, 2.05) is 0 Å². The van der Waals surface area contributed by atoms with Gasteiger partial charge in [-0.3, -0.25) is 4.39 Å². The average molecular weight is 208 g/mol. The summed E-state index contributed by atoms with van der Waals surface area (Å²) in [5.41, 5.74) is 0. The number of carbonyl (C=O) groups is 1. The van der Waals surface area contributed by atoms with Gasteiger partial charge in [0.15, 0.2) is 6.10 Å². The lowest BCUT2D eigenvalue weighted by Crippen LogP contribution is -2.26. The summed E-state index contributed by atoms with van der Waals surface area (Å²) in [5, 5.41) is 8.49. The Morgan fingerprint density at radius 1 is 1.43 bits per heavy atom. The Balaban J connectivity index is 3.43. The first kappa shape index (κ1) is 13.3. The van der Waals surface area contributed by atoms with Gasteiger partial charge in [0, 0.05) is 6.61 Å². The Kier molecular flexibility index (Phi) is 7.32. The lowest BCUT2D eigenvalue weighted by atomic mass is 10.4. The molecule has 4 nitrogen and oxygen atoms in total. The number of ether oxygens (including phenoxy) is 2. The SMILES string of the molecule is CC(COC(C)C(=O)O)OCCCF. The molecule has 0 aliphatic carbocycles. The van der Waals surface area contributed by atoms with Gasteiger partial charge in [-0.05, 0) is 20.3 Å². The minimum Gasteiger partial charge on any atom is -0.479 e. The molecule has 0 amide bonds. The van der Waals surface area contributed by atoms with Crippen LogP contribution in [0.2, 0.25) is 0 Å². The van der Waals surface area contributed by atoms with E-state index >= 15 is 0 Å². The second kappa shape index (κ2) is 7.70. The Hall–Kier alpha value is -0.680. The molecule has 0 aromatic rings. The highest BCUT2D eigenvalue weighted by Crippen LogP contribution is 1.98. The van der Waals surface area contributed by atoms with Crippen molar-refractivity contribution < 1.29 is 23.8 Å². The number of alkyl halides is 1. The largest absolute Gasteiger partial charge is 0.479 e. The van der Waals surface area contributed by atoms with Crippen LogP contribution in [0, 0.1) is 0 Å². The Morgan fingerprint density at radius 3 is 2.57 bits per heavy atom. The fraction of sp³-hybridized carbons (Fsp3) is 0.889. The maximum Gasteiger partial charge on any atom is 0.332 e. The van der Waals surface area contributed by atoms with Crippen molar-refractivity contribution in [3.05, 3.63) is 0 Å². The summed E-state index contributed by atoms with van der Waals surface area (Å²) < 4.78 is 21.8.